The molecule has 39 heavy (non-hydrogen) atoms. The molecule has 2 aromatic carbocycles. The first-order valence-electron chi connectivity index (χ1n) is 13.4. The van der Waals surface area contributed by atoms with Gasteiger partial charge in [0.25, 0.3) is 0 Å². The number of amides is 1. The minimum absolute atomic E-state index is 0.148. The Bertz CT molecular complexity index is 1300. The van der Waals surface area contributed by atoms with Crippen LogP contribution in [-0.2, 0) is 19.6 Å². The van der Waals surface area contributed by atoms with Crippen LogP contribution in [0.5, 0.6) is 0 Å². The molecule has 0 bridgehead atoms. The third-order valence-electron chi connectivity index (χ3n) is 8.08. The summed E-state index contributed by atoms with van der Waals surface area (Å²) in [7, 11) is -1.86. The molecule has 1 amide bonds. The number of nitrogens with zero attached hydrogens (tertiary/aromatic N) is 2. The van der Waals surface area contributed by atoms with Crippen molar-refractivity contribution in [3.8, 4) is 0 Å². The summed E-state index contributed by atoms with van der Waals surface area (Å²) >= 11 is 12.6. The van der Waals surface area contributed by atoms with E-state index < -0.39 is 39.9 Å². The topological polar surface area (TPSA) is 95.0 Å². The number of carboxylic acids is 1. The number of sulfonamides is 1. The molecular weight excluding hydrogens is 559 g/mol. The van der Waals surface area contributed by atoms with Gasteiger partial charge in [-0.25, -0.2) is 12.7 Å². The van der Waals surface area contributed by atoms with Gasteiger partial charge in [-0.1, -0.05) is 61.3 Å². The summed E-state index contributed by atoms with van der Waals surface area (Å²) in [6.07, 6.45) is 2.50. The van der Waals surface area contributed by atoms with Gasteiger partial charge in [0.05, 0.1) is 17.2 Å². The van der Waals surface area contributed by atoms with Gasteiger partial charge in [-0.05, 0) is 67.5 Å². The highest BCUT2D eigenvalue weighted by Crippen LogP contribution is 2.48. The monoisotopic (exact) mass is 594 g/mol. The number of benzene rings is 2. The number of likely N-dealkylation sites (N-methyl/N-ethyl adjacent to an activating group) is 1. The van der Waals surface area contributed by atoms with Gasteiger partial charge in [0.2, 0.25) is 15.9 Å². The van der Waals surface area contributed by atoms with Crippen molar-refractivity contribution >= 4 is 45.1 Å². The molecule has 2 fully saturated rings. The van der Waals surface area contributed by atoms with Crippen molar-refractivity contribution < 1.29 is 23.1 Å². The fraction of sp³-hybridized carbons (Fsp3) is 0.517. The van der Waals surface area contributed by atoms with Gasteiger partial charge in [0.1, 0.15) is 0 Å². The van der Waals surface area contributed by atoms with E-state index in [1.807, 2.05) is 42.2 Å². The Balaban J connectivity index is 1.82. The molecular formula is C29H36Cl2N2O5S. The van der Waals surface area contributed by atoms with E-state index in [9.17, 15) is 23.1 Å². The van der Waals surface area contributed by atoms with Gasteiger partial charge >= 0.3 is 5.97 Å². The van der Waals surface area contributed by atoms with Crippen LogP contribution in [0.1, 0.15) is 69.0 Å². The summed E-state index contributed by atoms with van der Waals surface area (Å²) in [6.45, 7) is 3.73. The average molecular weight is 596 g/mol. The molecule has 2 unspecified atom stereocenters. The van der Waals surface area contributed by atoms with Crippen molar-refractivity contribution in [2.75, 3.05) is 13.6 Å². The lowest BCUT2D eigenvalue weighted by Crippen LogP contribution is -2.55. The second-order valence-corrected chi connectivity index (χ2v) is 14.1. The molecule has 2 aliphatic rings. The Morgan fingerprint density at radius 3 is 2.33 bits per heavy atom. The predicted octanol–water partition coefficient (Wildman–Crippen LogP) is 5.98. The Kier molecular flexibility index (Phi) is 9.31. The summed E-state index contributed by atoms with van der Waals surface area (Å²) in [6, 6.07) is 14.1. The molecule has 1 aliphatic heterocycles. The van der Waals surface area contributed by atoms with E-state index in [1.54, 1.807) is 32.2 Å². The third-order valence-corrected chi connectivity index (χ3v) is 10.9. The van der Waals surface area contributed by atoms with Gasteiger partial charge in [0.15, 0.2) is 0 Å². The molecule has 0 spiro atoms. The van der Waals surface area contributed by atoms with Gasteiger partial charge in [-0.3, -0.25) is 9.59 Å². The number of carbonyl (C=O) groups is 2. The number of piperidine rings is 1. The number of hydrogen-bond donors (Lipinski definition) is 1. The molecule has 7 nitrogen and oxygen atoms in total. The number of aliphatic carboxylic acids is 1. The van der Waals surface area contributed by atoms with E-state index in [-0.39, 0.29) is 30.0 Å². The zero-order valence-electron chi connectivity index (χ0n) is 22.5. The fourth-order valence-electron chi connectivity index (χ4n) is 5.75. The van der Waals surface area contributed by atoms with E-state index in [2.05, 4.69) is 0 Å². The Labute approximate surface area is 241 Å². The summed E-state index contributed by atoms with van der Waals surface area (Å²) < 4.78 is 27.5. The lowest BCUT2D eigenvalue weighted by molar-refractivity contribution is -0.149. The standard InChI is InChI=1S/C29H36Cl2N2O5S/c1-4-24(17-32(3)39(37,38)25-12-13-25)33-27(19-8-10-22(30)11-9-19)26(20-6-5-7-23(31)15-20)16-21(28(33)34)14-18(2)29(35)36/h5-11,15,18,21,24-27H,4,12-14,16-17H2,1-3H3,(H,35,36)/t18?,21-,24?,26-,27-/m1/s1. The normalized spacial score (nSPS) is 23.6. The lowest BCUT2D eigenvalue weighted by atomic mass is 9.73. The quantitative estimate of drug-likeness (QED) is 0.345. The van der Waals surface area contributed by atoms with Crippen molar-refractivity contribution in [3.63, 3.8) is 0 Å². The van der Waals surface area contributed by atoms with E-state index >= 15 is 0 Å². The summed E-state index contributed by atoms with van der Waals surface area (Å²) in [4.78, 5) is 27.9. The number of hydrogen-bond acceptors (Lipinski definition) is 4. The number of halogens is 2. The first kappa shape index (κ1) is 29.8. The molecule has 10 heteroatoms. The van der Waals surface area contributed by atoms with Crippen LogP contribution >= 0.6 is 23.2 Å². The maximum absolute atomic E-state index is 14.3. The Hall–Kier alpha value is -2.13. The van der Waals surface area contributed by atoms with Crippen LogP contribution < -0.4 is 0 Å². The molecule has 0 aromatic heterocycles. The van der Waals surface area contributed by atoms with Crippen LogP contribution in [0.2, 0.25) is 10.0 Å². The smallest absolute Gasteiger partial charge is 0.306 e. The van der Waals surface area contributed by atoms with Crippen molar-refractivity contribution in [1.82, 2.24) is 9.21 Å². The van der Waals surface area contributed by atoms with E-state index in [0.29, 0.717) is 35.7 Å². The zero-order valence-corrected chi connectivity index (χ0v) is 24.8. The molecule has 2 aromatic rings. The van der Waals surface area contributed by atoms with Gasteiger partial charge < -0.3 is 10.0 Å². The molecule has 0 radical (unpaired) electrons. The van der Waals surface area contributed by atoms with Crippen LogP contribution in [0.15, 0.2) is 48.5 Å². The maximum atomic E-state index is 14.3. The molecule has 1 heterocycles. The summed E-state index contributed by atoms with van der Waals surface area (Å²) in [5.41, 5.74) is 1.83. The van der Waals surface area contributed by atoms with Crippen LogP contribution in [0.4, 0.5) is 0 Å². The van der Waals surface area contributed by atoms with E-state index in [1.165, 1.54) is 4.31 Å². The first-order valence-corrected chi connectivity index (χ1v) is 15.7. The average Bonchev–Trinajstić information content (AvgIpc) is 3.75. The molecule has 1 aliphatic carbocycles. The highest BCUT2D eigenvalue weighted by atomic mass is 35.5. The molecule has 4 rings (SSSR count). The number of carbonyl (C=O) groups excluding carboxylic acids is 1. The number of likely N-dealkylation sites (tertiary alicyclic amines) is 1. The fourth-order valence-corrected chi connectivity index (χ4v) is 7.70. The lowest BCUT2D eigenvalue weighted by Gasteiger charge is -2.49. The second kappa shape index (κ2) is 12.2. The predicted molar refractivity (Wildman–Crippen MR) is 153 cm³/mol. The highest BCUT2D eigenvalue weighted by Gasteiger charge is 2.47. The Morgan fingerprint density at radius 1 is 1.10 bits per heavy atom. The molecule has 1 saturated carbocycles. The number of carboxylic acid groups (broad SMARTS) is 1. The maximum Gasteiger partial charge on any atom is 0.306 e. The van der Waals surface area contributed by atoms with Crippen LogP contribution in [0, 0.1) is 11.8 Å². The molecule has 212 valence electrons. The Morgan fingerprint density at radius 2 is 1.77 bits per heavy atom. The zero-order chi connectivity index (χ0) is 28.5. The highest BCUT2D eigenvalue weighted by molar-refractivity contribution is 7.90. The summed E-state index contributed by atoms with van der Waals surface area (Å²) in [5, 5.41) is 10.4. The molecule has 5 atom stereocenters. The SMILES string of the molecule is CCC(CN(C)S(=O)(=O)C1CC1)N1C(=O)[C@H](CC(C)C(=O)O)C[C@H](c2cccc(Cl)c2)[C@H]1c1ccc(Cl)cc1. The third kappa shape index (κ3) is 6.62. The van der Waals surface area contributed by atoms with Gasteiger partial charge in [-0.2, -0.15) is 0 Å². The first-order chi connectivity index (χ1) is 18.4. The van der Waals surface area contributed by atoms with Crippen LogP contribution in [0.3, 0.4) is 0 Å². The van der Waals surface area contributed by atoms with Crippen molar-refractivity contribution in [3.05, 3.63) is 69.7 Å². The second-order valence-electron chi connectivity index (χ2n) is 10.9. The minimum Gasteiger partial charge on any atom is -0.481 e. The van der Waals surface area contributed by atoms with Crippen molar-refractivity contribution in [1.29, 1.82) is 0 Å². The molecule has 1 saturated heterocycles. The molecule has 1 N–H and O–H groups in total. The van der Waals surface area contributed by atoms with Gasteiger partial charge in [0, 0.05) is 41.5 Å². The van der Waals surface area contributed by atoms with E-state index in [4.69, 9.17) is 23.2 Å². The van der Waals surface area contributed by atoms with Gasteiger partial charge in [-0.15, -0.1) is 0 Å². The van der Waals surface area contributed by atoms with E-state index in [0.717, 1.165) is 11.1 Å². The van der Waals surface area contributed by atoms with Crippen LogP contribution in [0.25, 0.3) is 0 Å². The van der Waals surface area contributed by atoms with Crippen molar-refractivity contribution in [2.45, 2.75) is 69.2 Å². The largest absolute Gasteiger partial charge is 0.481 e. The number of rotatable bonds is 11. The van der Waals surface area contributed by atoms with Crippen LogP contribution in [-0.4, -0.2) is 59.5 Å². The summed E-state index contributed by atoms with van der Waals surface area (Å²) in [5.74, 6) is -2.52. The van der Waals surface area contributed by atoms with Crippen molar-refractivity contribution in [2.24, 2.45) is 11.8 Å². The minimum atomic E-state index is -3.45.